The van der Waals surface area contributed by atoms with Crippen LogP contribution in [0.5, 0.6) is 11.5 Å². The number of benzene rings is 3. The van der Waals surface area contributed by atoms with E-state index in [2.05, 4.69) is 39.2 Å². The van der Waals surface area contributed by atoms with Crippen LogP contribution in [0.1, 0.15) is 0 Å². The van der Waals surface area contributed by atoms with Gasteiger partial charge in [0.15, 0.2) is 22.2 Å². The highest BCUT2D eigenvalue weighted by Gasteiger charge is 2.18. The average molecular weight is 667 g/mol. The Hall–Kier alpha value is -3.26. The molecule has 0 saturated heterocycles. The van der Waals surface area contributed by atoms with Crippen LogP contribution < -0.4 is 0 Å². The van der Waals surface area contributed by atoms with Gasteiger partial charge in [-0.3, -0.25) is 8.74 Å². The van der Waals surface area contributed by atoms with Crippen molar-refractivity contribution in [1.29, 1.82) is 0 Å². The predicted octanol–water partition coefficient (Wildman–Crippen LogP) is 5.38. The fraction of sp³-hybridized carbons (Fsp3) is 0.100. The molecule has 0 aliphatic carbocycles. The first kappa shape index (κ1) is 33.2. The van der Waals surface area contributed by atoms with Crippen molar-refractivity contribution in [2.24, 2.45) is 20.5 Å². The van der Waals surface area contributed by atoms with E-state index in [1.165, 1.54) is 30.3 Å². The number of hydrogen-bond acceptors (Lipinski definition) is 19. The zero-order valence-electron chi connectivity index (χ0n) is 20.4. The molecule has 42 heavy (non-hydrogen) atoms. The summed E-state index contributed by atoms with van der Waals surface area (Å²) in [5, 5.41) is 58.7. The van der Waals surface area contributed by atoms with E-state index in [-0.39, 0.29) is 51.5 Å². The molecule has 226 valence electrons. The number of nitrogens with zero attached hydrogens (tertiary/aromatic N) is 4. The standard InChI is InChI=1S/C20H18N4O14S4/c25-18-11-19(26)16(23-24-17-9-13(39-37-35-27)3-6-20(17)42(31,32)33)10-15(18)22-21-12-1-4-14(5-2-12)41(29,30)8-7-34-40-38-36-28/h1-6,9-11,25-28H,7-8H2,(H,31,32,33). The Morgan fingerprint density at radius 3 is 1.98 bits per heavy atom. The fourth-order valence-electron chi connectivity index (χ4n) is 2.88. The molecule has 0 unspecified atom stereocenters. The Balaban J connectivity index is 1.81. The van der Waals surface area contributed by atoms with Crippen molar-refractivity contribution in [1.82, 2.24) is 0 Å². The number of phenolic OH excluding ortho intramolecular Hbond substituents is 2. The minimum absolute atomic E-state index is 0.0493. The lowest BCUT2D eigenvalue weighted by molar-refractivity contribution is -0.434. The summed E-state index contributed by atoms with van der Waals surface area (Å²) in [7, 11) is -8.48. The van der Waals surface area contributed by atoms with Gasteiger partial charge in [0.25, 0.3) is 10.1 Å². The fourth-order valence-corrected chi connectivity index (χ4v) is 5.29. The van der Waals surface area contributed by atoms with Gasteiger partial charge in [0.05, 0.1) is 35.0 Å². The zero-order chi connectivity index (χ0) is 30.8. The molecule has 0 heterocycles. The Kier molecular flexibility index (Phi) is 12.1. The molecule has 22 heteroatoms. The third-order valence-electron chi connectivity index (χ3n) is 4.72. The Morgan fingerprint density at radius 1 is 0.738 bits per heavy atom. The van der Waals surface area contributed by atoms with Crippen molar-refractivity contribution in [2.45, 2.75) is 14.7 Å². The first-order valence-electron chi connectivity index (χ1n) is 10.7. The van der Waals surface area contributed by atoms with Crippen molar-refractivity contribution in [3.05, 3.63) is 54.6 Å². The van der Waals surface area contributed by atoms with E-state index < -0.39 is 42.1 Å². The lowest BCUT2D eigenvalue weighted by atomic mass is 10.2. The second-order valence-electron chi connectivity index (χ2n) is 7.41. The monoisotopic (exact) mass is 666 g/mol. The van der Waals surface area contributed by atoms with Crippen molar-refractivity contribution < 1.29 is 65.0 Å². The van der Waals surface area contributed by atoms with Crippen LogP contribution in [0, 0.1) is 0 Å². The van der Waals surface area contributed by atoms with Crippen LogP contribution in [0.4, 0.5) is 22.7 Å². The highest BCUT2D eigenvalue weighted by Crippen LogP contribution is 2.40. The topological polar surface area (TPSA) is 265 Å². The van der Waals surface area contributed by atoms with E-state index >= 15 is 0 Å². The molecule has 0 bridgehead atoms. The molecule has 0 aliphatic rings. The van der Waals surface area contributed by atoms with Gasteiger partial charge < -0.3 is 10.2 Å². The molecule has 18 nitrogen and oxygen atoms in total. The maximum Gasteiger partial charge on any atom is 0.296 e. The van der Waals surface area contributed by atoms with Crippen LogP contribution in [0.3, 0.4) is 0 Å². The van der Waals surface area contributed by atoms with Crippen molar-refractivity contribution in [2.75, 3.05) is 12.4 Å². The summed E-state index contributed by atoms with van der Waals surface area (Å²) in [5.41, 5.74) is -0.678. The number of rotatable bonds is 15. The van der Waals surface area contributed by atoms with E-state index in [9.17, 15) is 31.6 Å². The molecule has 3 rings (SSSR count). The second kappa shape index (κ2) is 15.3. The first-order valence-corrected chi connectivity index (χ1v) is 15.2. The smallest absolute Gasteiger partial charge is 0.296 e. The zero-order valence-corrected chi connectivity index (χ0v) is 23.7. The lowest BCUT2D eigenvalue weighted by Crippen LogP contribution is -2.10. The van der Waals surface area contributed by atoms with Crippen LogP contribution >= 0.6 is 24.4 Å². The van der Waals surface area contributed by atoms with Gasteiger partial charge in [0, 0.05) is 17.0 Å². The largest absolute Gasteiger partial charge is 0.505 e. The highest BCUT2D eigenvalue weighted by atomic mass is 32.2. The van der Waals surface area contributed by atoms with Crippen LogP contribution in [-0.4, -0.2) is 54.5 Å². The van der Waals surface area contributed by atoms with Crippen molar-refractivity contribution in [3.63, 3.8) is 0 Å². The SMILES string of the molecule is O=S(=O)(O)c1ccc(SOOO)cc1N=Nc1cc(N=Nc2ccc(S(=O)(=O)CCOSOOO)cc2)c(O)cc1O. The molecule has 0 amide bonds. The van der Waals surface area contributed by atoms with E-state index in [1.807, 2.05) is 0 Å². The maximum atomic E-state index is 12.4. The summed E-state index contributed by atoms with van der Waals surface area (Å²) >= 11 is 0.720. The van der Waals surface area contributed by atoms with Gasteiger partial charge in [0.2, 0.25) is 0 Å². The predicted molar refractivity (Wildman–Crippen MR) is 142 cm³/mol. The van der Waals surface area contributed by atoms with Crippen LogP contribution in [0.15, 0.2) is 89.7 Å². The molecule has 3 aromatic carbocycles. The summed E-state index contributed by atoms with van der Waals surface area (Å²) in [4.78, 5) is -0.503. The van der Waals surface area contributed by atoms with Crippen LogP contribution in [0.25, 0.3) is 0 Å². The van der Waals surface area contributed by atoms with Gasteiger partial charge in [-0.05, 0) is 42.5 Å². The summed E-state index contributed by atoms with van der Waals surface area (Å²) in [6.07, 6.45) is 0. The van der Waals surface area contributed by atoms with Gasteiger partial charge in [0.1, 0.15) is 33.5 Å². The number of azo groups is 2. The quantitative estimate of drug-likeness (QED) is 0.0340. The number of aromatic hydroxyl groups is 2. The summed E-state index contributed by atoms with van der Waals surface area (Å²) in [6.45, 7) is -0.272. The first-order chi connectivity index (χ1) is 19.9. The van der Waals surface area contributed by atoms with Crippen molar-refractivity contribution in [3.8, 4) is 11.5 Å². The van der Waals surface area contributed by atoms with Crippen LogP contribution in [0.2, 0.25) is 0 Å². The molecule has 0 radical (unpaired) electrons. The number of hydrogen-bond donors (Lipinski definition) is 5. The minimum atomic E-state index is -4.74. The van der Waals surface area contributed by atoms with E-state index in [0.717, 1.165) is 24.3 Å². The molecule has 0 spiro atoms. The summed E-state index contributed by atoms with van der Waals surface area (Å²) < 4.78 is 70.6. The molecular formula is C20H18N4O14S4. The highest BCUT2D eigenvalue weighted by molar-refractivity contribution is 7.94. The number of sulfone groups is 1. The molecule has 0 fully saturated rings. The van der Waals surface area contributed by atoms with Crippen molar-refractivity contribution >= 4 is 67.1 Å². The number of phenols is 2. The molecule has 3 aromatic rings. The third kappa shape index (κ3) is 9.65. The lowest BCUT2D eigenvalue weighted by Gasteiger charge is -2.05. The average Bonchev–Trinajstić information content (AvgIpc) is 2.94. The Labute approximate surface area is 245 Å². The van der Waals surface area contributed by atoms with E-state index in [0.29, 0.717) is 12.0 Å². The molecular weight excluding hydrogens is 649 g/mol. The van der Waals surface area contributed by atoms with Gasteiger partial charge in [-0.1, -0.05) is 10.1 Å². The Morgan fingerprint density at radius 2 is 1.36 bits per heavy atom. The van der Waals surface area contributed by atoms with Gasteiger partial charge >= 0.3 is 0 Å². The normalized spacial score (nSPS) is 12.5. The van der Waals surface area contributed by atoms with E-state index in [1.54, 1.807) is 0 Å². The second-order valence-corrected chi connectivity index (χ2v) is 12.2. The molecule has 5 N–H and O–H groups in total. The van der Waals surface area contributed by atoms with E-state index in [4.69, 9.17) is 14.7 Å². The van der Waals surface area contributed by atoms with Crippen LogP contribution in [-0.2, 0) is 42.9 Å². The molecule has 0 aromatic heterocycles. The van der Waals surface area contributed by atoms with Gasteiger partial charge in [-0.2, -0.15) is 13.5 Å². The third-order valence-corrected chi connectivity index (χ3v) is 8.27. The Bertz CT molecular complexity index is 1650. The molecule has 0 saturated carbocycles. The van der Waals surface area contributed by atoms with Gasteiger partial charge in [-0.15, -0.1) is 24.0 Å². The maximum absolute atomic E-state index is 12.4. The minimum Gasteiger partial charge on any atom is -0.505 e. The summed E-state index contributed by atoms with van der Waals surface area (Å²) in [5.74, 6) is -1.49. The summed E-state index contributed by atoms with van der Waals surface area (Å²) in [6, 6.07) is 10.4. The molecule has 0 aliphatic heterocycles. The molecule has 0 atom stereocenters. The van der Waals surface area contributed by atoms with Gasteiger partial charge in [-0.25, -0.2) is 18.9 Å².